The highest BCUT2D eigenvalue weighted by atomic mass is 32.2. The van der Waals surface area contributed by atoms with E-state index in [2.05, 4.69) is 15.1 Å². The van der Waals surface area contributed by atoms with Gasteiger partial charge in [0.1, 0.15) is 0 Å². The molecule has 2 aromatic heterocycles. The topological polar surface area (TPSA) is 72.0 Å². The molecule has 132 valence electrons. The molecule has 5 nitrogen and oxygen atoms in total. The summed E-state index contributed by atoms with van der Waals surface area (Å²) in [5.74, 6) is 2.55. The van der Waals surface area contributed by atoms with E-state index >= 15 is 0 Å². The number of aromatic nitrogens is 2. The van der Waals surface area contributed by atoms with Crippen LogP contribution in [0, 0.1) is 17.8 Å². The minimum Gasteiger partial charge on any atom is -0.253 e. The molecule has 2 aromatic rings. The number of pyridine rings is 1. The number of hydrogen-bond acceptors (Lipinski definition) is 5. The summed E-state index contributed by atoms with van der Waals surface area (Å²) in [6.45, 7) is 0. The second-order valence-electron chi connectivity index (χ2n) is 8.01. The van der Waals surface area contributed by atoms with Gasteiger partial charge in [-0.05, 0) is 68.4 Å². The molecule has 2 heterocycles. The summed E-state index contributed by atoms with van der Waals surface area (Å²) in [5.41, 5.74) is 1.30. The molecular formula is C18H21N3O2S2. The van der Waals surface area contributed by atoms with Crippen LogP contribution >= 0.6 is 11.3 Å². The van der Waals surface area contributed by atoms with Gasteiger partial charge in [0.15, 0.2) is 10.2 Å². The summed E-state index contributed by atoms with van der Waals surface area (Å²) in [6, 6.07) is 4.87. The Bertz CT molecular complexity index is 857. The van der Waals surface area contributed by atoms with Crippen LogP contribution in [0.2, 0.25) is 0 Å². The van der Waals surface area contributed by atoms with E-state index in [1.54, 1.807) is 12.1 Å². The lowest BCUT2D eigenvalue weighted by molar-refractivity contribution is -0.00688. The van der Waals surface area contributed by atoms with Crippen molar-refractivity contribution in [2.45, 2.75) is 49.0 Å². The average Bonchev–Trinajstić information content (AvgIpc) is 3.03. The second-order valence-corrected chi connectivity index (χ2v) is 10.5. The lowest BCUT2D eigenvalue weighted by atomic mass is 9.49. The first kappa shape index (κ1) is 15.8. The lowest BCUT2D eigenvalue weighted by Crippen LogP contribution is -2.48. The third-order valence-corrected chi connectivity index (χ3v) is 8.36. The summed E-state index contributed by atoms with van der Waals surface area (Å²) in [4.78, 5) is 8.65. The molecular weight excluding hydrogens is 354 g/mol. The molecule has 7 heteroatoms. The van der Waals surface area contributed by atoms with Crippen LogP contribution in [0.25, 0.3) is 0 Å². The number of nitrogens with one attached hydrogen (secondary N) is 1. The Morgan fingerprint density at radius 1 is 1.08 bits per heavy atom. The third kappa shape index (κ3) is 2.68. The quantitative estimate of drug-likeness (QED) is 0.882. The van der Waals surface area contributed by atoms with E-state index in [0.717, 1.165) is 23.4 Å². The van der Waals surface area contributed by atoms with Crippen molar-refractivity contribution in [1.82, 2.24) is 9.97 Å². The molecule has 4 fully saturated rings. The molecule has 0 radical (unpaired) electrons. The first-order chi connectivity index (χ1) is 12.0. The second kappa shape index (κ2) is 5.51. The van der Waals surface area contributed by atoms with Crippen LogP contribution in [0.1, 0.15) is 44.2 Å². The Morgan fingerprint density at radius 3 is 2.36 bits per heavy atom. The molecule has 0 spiro atoms. The summed E-state index contributed by atoms with van der Waals surface area (Å²) < 4.78 is 27.5. The molecule has 0 aliphatic heterocycles. The van der Waals surface area contributed by atoms with Crippen molar-refractivity contribution < 1.29 is 8.42 Å². The van der Waals surface area contributed by atoms with Gasteiger partial charge in [-0.2, -0.15) is 8.42 Å². The van der Waals surface area contributed by atoms with Crippen LogP contribution in [0.3, 0.4) is 0 Å². The summed E-state index contributed by atoms with van der Waals surface area (Å²) >= 11 is 1.39. The molecule has 0 amide bonds. The minimum atomic E-state index is -3.67. The molecule has 4 saturated carbocycles. The fourth-order valence-corrected chi connectivity index (χ4v) is 7.70. The Labute approximate surface area is 152 Å². The van der Waals surface area contributed by atoms with Gasteiger partial charge in [0.05, 0.1) is 5.69 Å². The van der Waals surface area contributed by atoms with Crippen molar-refractivity contribution in [2.75, 3.05) is 4.72 Å². The molecule has 1 N–H and O–H groups in total. The fraction of sp³-hybridized carbons (Fsp3) is 0.556. The van der Waals surface area contributed by atoms with Crippen molar-refractivity contribution in [2.24, 2.45) is 17.8 Å². The zero-order valence-electron chi connectivity index (χ0n) is 13.9. The van der Waals surface area contributed by atoms with Crippen LogP contribution in [-0.4, -0.2) is 18.4 Å². The molecule has 4 aliphatic rings. The van der Waals surface area contributed by atoms with E-state index in [4.69, 9.17) is 4.98 Å². The van der Waals surface area contributed by atoms with Gasteiger partial charge in [-0.25, -0.2) is 9.97 Å². The number of thiazole rings is 1. The molecule has 0 aromatic carbocycles. The van der Waals surface area contributed by atoms with E-state index in [9.17, 15) is 8.42 Å². The molecule has 0 unspecified atom stereocenters. The number of sulfonamides is 1. The maximum atomic E-state index is 12.5. The fourth-order valence-electron chi connectivity index (χ4n) is 5.66. The lowest BCUT2D eigenvalue weighted by Gasteiger charge is -2.56. The summed E-state index contributed by atoms with van der Waals surface area (Å²) in [6.07, 6.45) is 9.35. The van der Waals surface area contributed by atoms with E-state index in [1.807, 2.05) is 0 Å². The van der Waals surface area contributed by atoms with Crippen LogP contribution in [0.4, 0.5) is 5.13 Å². The van der Waals surface area contributed by atoms with E-state index in [0.29, 0.717) is 5.13 Å². The van der Waals surface area contributed by atoms with Gasteiger partial charge in [0, 0.05) is 17.0 Å². The Morgan fingerprint density at radius 2 is 1.76 bits per heavy atom. The minimum absolute atomic E-state index is 0.0292. The normalized spacial score (nSPS) is 33.5. The molecule has 25 heavy (non-hydrogen) atoms. The van der Waals surface area contributed by atoms with Crippen molar-refractivity contribution in [3.05, 3.63) is 35.5 Å². The maximum absolute atomic E-state index is 12.5. The van der Waals surface area contributed by atoms with Crippen molar-refractivity contribution in [3.8, 4) is 0 Å². The van der Waals surface area contributed by atoms with Gasteiger partial charge < -0.3 is 0 Å². The summed E-state index contributed by atoms with van der Waals surface area (Å²) in [5, 5.41) is 2.56. The van der Waals surface area contributed by atoms with Crippen molar-refractivity contribution in [3.63, 3.8) is 0 Å². The van der Waals surface area contributed by atoms with Crippen LogP contribution < -0.4 is 4.72 Å². The third-order valence-electron chi connectivity index (χ3n) is 6.22. The SMILES string of the molecule is O=S(=O)(Nc1nc(C23CC4CC(CC(C4)C2)C3)cs1)c1ccccn1. The average molecular weight is 376 g/mol. The largest absolute Gasteiger partial charge is 0.281 e. The molecule has 4 bridgehead atoms. The zero-order valence-corrected chi connectivity index (χ0v) is 15.5. The van der Waals surface area contributed by atoms with E-state index < -0.39 is 10.0 Å². The highest BCUT2D eigenvalue weighted by molar-refractivity contribution is 7.92. The van der Waals surface area contributed by atoms with E-state index in [1.165, 1.54) is 62.1 Å². The predicted molar refractivity (Wildman–Crippen MR) is 97.0 cm³/mol. The Kier molecular flexibility index (Phi) is 3.47. The van der Waals surface area contributed by atoms with Crippen LogP contribution in [0.5, 0.6) is 0 Å². The standard InChI is InChI=1S/C18H21N3O2S2/c22-25(23,16-3-1-2-4-19-16)21-17-20-15(11-24-17)18-8-12-5-13(9-18)7-14(6-12)10-18/h1-4,11-14H,5-10H2,(H,20,21). The number of anilines is 1. The van der Waals surface area contributed by atoms with Gasteiger partial charge in [-0.1, -0.05) is 6.07 Å². The highest BCUT2D eigenvalue weighted by Gasteiger charge is 2.52. The molecule has 4 aliphatic carbocycles. The van der Waals surface area contributed by atoms with Gasteiger partial charge >= 0.3 is 0 Å². The smallest absolute Gasteiger partial charge is 0.253 e. The Balaban J connectivity index is 1.41. The van der Waals surface area contributed by atoms with Gasteiger partial charge in [-0.15, -0.1) is 11.3 Å². The number of nitrogens with zero attached hydrogens (tertiary/aromatic N) is 2. The Hall–Kier alpha value is -1.47. The number of rotatable bonds is 4. The monoisotopic (exact) mass is 375 g/mol. The first-order valence-electron chi connectivity index (χ1n) is 8.92. The zero-order chi connectivity index (χ0) is 17.1. The summed E-state index contributed by atoms with van der Waals surface area (Å²) in [7, 11) is -3.67. The molecule has 0 saturated heterocycles. The van der Waals surface area contributed by atoms with E-state index in [-0.39, 0.29) is 10.4 Å². The maximum Gasteiger partial charge on any atom is 0.281 e. The highest BCUT2D eigenvalue weighted by Crippen LogP contribution is 2.60. The number of hydrogen-bond donors (Lipinski definition) is 1. The van der Waals surface area contributed by atoms with Crippen LogP contribution in [-0.2, 0) is 15.4 Å². The first-order valence-corrected chi connectivity index (χ1v) is 11.3. The van der Waals surface area contributed by atoms with Crippen LogP contribution in [0.15, 0.2) is 34.8 Å². The predicted octanol–water partition coefficient (Wildman–Crippen LogP) is 3.81. The van der Waals surface area contributed by atoms with Gasteiger partial charge in [-0.3, -0.25) is 4.72 Å². The molecule has 0 atom stereocenters. The molecule has 6 rings (SSSR count). The van der Waals surface area contributed by atoms with Gasteiger partial charge in [0.2, 0.25) is 0 Å². The van der Waals surface area contributed by atoms with Gasteiger partial charge in [0.25, 0.3) is 10.0 Å². The van der Waals surface area contributed by atoms with Crippen molar-refractivity contribution in [1.29, 1.82) is 0 Å². The van der Waals surface area contributed by atoms with Crippen molar-refractivity contribution >= 4 is 26.5 Å².